The molecule has 0 N–H and O–H groups in total. The van der Waals surface area contributed by atoms with Crippen molar-refractivity contribution in [3.8, 4) is 0 Å². The average Bonchev–Trinajstić information content (AvgIpc) is 2.82. The predicted octanol–water partition coefficient (Wildman–Crippen LogP) is 1.000. The zero-order valence-electron chi connectivity index (χ0n) is 13.1. The van der Waals surface area contributed by atoms with Crippen LogP contribution >= 0.6 is 0 Å². The van der Waals surface area contributed by atoms with Gasteiger partial charge in [-0.2, -0.15) is 0 Å². The summed E-state index contributed by atoms with van der Waals surface area (Å²) in [7, 11) is 0. The predicted molar refractivity (Wildman–Crippen MR) is 77.8 cm³/mol. The topological polar surface area (TPSA) is 82.6 Å². The second-order valence-electron chi connectivity index (χ2n) is 6.63. The Balaban J connectivity index is 2.06. The van der Waals surface area contributed by atoms with Gasteiger partial charge < -0.3 is 14.6 Å². The van der Waals surface area contributed by atoms with E-state index in [1.807, 2.05) is 12.1 Å². The summed E-state index contributed by atoms with van der Waals surface area (Å²) < 4.78 is 5.29. The van der Waals surface area contributed by atoms with Crippen molar-refractivity contribution in [1.29, 1.82) is 0 Å². The van der Waals surface area contributed by atoms with Crippen LogP contribution in [0.1, 0.15) is 32.8 Å². The fourth-order valence-electron chi connectivity index (χ4n) is 2.67. The summed E-state index contributed by atoms with van der Waals surface area (Å²) in [4.78, 5) is 28.7. The first-order chi connectivity index (χ1) is 10.3. The maximum absolute atomic E-state index is 12.2. The van der Waals surface area contributed by atoms with Crippen molar-refractivity contribution in [2.45, 2.75) is 45.3 Å². The van der Waals surface area contributed by atoms with Gasteiger partial charge in [-0.15, -0.1) is 0 Å². The van der Waals surface area contributed by atoms with Gasteiger partial charge in [0.2, 0.25) is 0 Å². The highest BCUT2D eigenvalue weighted by Crippen LogP contribution is 2.27. The van der Waals surface area contributed by atoms with Crippen molar-refractivity contribution in [2.75, 3.05) is 6.54 Å². The second kappa shape index (κ2) is 6.34. The molecular formula is C16H21N2O4-. The van der Waals surface area contributed by atoms with Crippen LogP contribution < -0.4 is 5.11 Å². The largest absolute Gasteiger partial charge is 0.548 e. The maximum Gasteiger partial charge on any atom is 0.410 e. The van der Waals surface area contributed by atoms with Gasteiger partial charge in [-0.25, -0.2) is 4.79 Å². The quantitative estimate of drug-likeness (QED) is 0.832. The molecule has 1 fully saturated rings. The van der Waals surface area contributed by atoms with E-state index >= 15 is 0 Å². The Bertz CT molecular complexity index is 539. The first-order valence-electron chi connectivity index (χ1n) is 7.35. The number of carboxylic acid groups (broad SMARTS) is 1. The molecule has 0 aliphatic carbocycles. The fourth-order valence-corrected chi connectivity index (χ4v) is 2.67. The molecule has 2 atom stereocenters. The minimum Gasteiger partial charge on any atom is -0.548 e. The first kappa shape index (κ1) is 16.3. The molecule has 0 saturated carbocycles. The molecule has 0 aromatic carbocycles. The molecule has 1 amide bonds. The van der Waals surface area contributed by atoms with Gasteiger partial charge >= 0.3 is 6.09 Å². The Labute approximate surface area is 130 Å². The van der Waals surface area contributed by atoms with E-state index < -0.39 is 23.7 Å². The van der Waals surface area contributed by atoms with E-state index in [9.17, 15) is 14.7 Å². The lowest BCUT2D eigenvalue weighted by molar-refractivity contribution is -0.310. The van der Waals surface area contributed by atoms with Crippen molar-refractivity contribution in [1.82, 2.24) is 9.88 Å². The summed E-state index contributed by atoms with van der Waals surface area (Å²) in [6.07, 6.45) is 3.88. The summed E-state index contributed by atoms with van der Waals surface area (Å²) in [5.74, 6) is -1.17. The number of nitrogens with zero attached hydrogens (tertiary/aromatic N) is 2. The minimum atomic E-state index is -1.23. The molecule has 1 aliphatic rings. The van der Waals surface area contributed by atoms with Gasteiger partial charge in [0.25, 0.3) is 0 Å². The molecule has 0 radical (unpaired) electrons. The van der Waals surface area contributed by atoms with Crippen LogP contribution in [0.5, 0.6) is 0 Å². The molecule has 1 saturated heterocycles. The number of amides is 1. The van der Waals surface area contributed by atoms with E-state index in [0.717, 1.165) is 5.56 Å². The summed E-state index contributed by atoms with van der Waals surface area (Å²) in [6, 6.07) is 2.86. The van der Waals surface area contributed by atoms with Crippen molar-refractivity contribution >= 4 is 12.1 Å². The number of ether oxygens (including phenoxy) is 1. The third kappa shape index (κ3) is 4.19. The molecule has 0 spiro atoms. The lowest BCUT2D eigenvalue weighted by Crippen LogP contribution is -2.48. The second-order valence-corrected chi connectivity index (χ2v) is 6.63. The molecule has 0 unspecified atom stereocenters. The lowest BCUT2D eigenvalue weighted by Gasteiger charge is -2.28. The molecule has 1 aromatic rings. The van der Waals surface area contributed by atoms with E-state index in [1.165, 1.54) is 4.90 Å². The van der Waals surface area contributed by atoms with Gasteiger partial charge in [0.15, 0.2) is 0 Å². The SMILES string of the molecule is CC(C)(C)OC(=O)N1C[C@H](Cc2ccncc2)C[C@H]1C(=O)[O-]. The molecule has 2 heterocycles. The highest BCUT2D eigenvalue weighted by molar-refractivity contribution is 5.79. The van der Waals surface area contributed by atoms with Gasteiger partial charge in [0, 0.05) is 18.9 Å². The number of aromatic nitrogens is 1. The minimum absolute atomic E-state index is 0.0674. The van der Waals surface area contributed by atoms with Crippen LogP contribution in [0, 0.1) is 5.92 Å². The van der Waals surface area contributed by atoms with Gasteiger partial charge in [0.1, 0.15) is 5.60 Å². The molecular weight excluding hydrogens is 284 g/mol. The van der Waals surface area contributed by atoms with Crippen LogP contribution in [0.4, 0.5) is 4.79 Å². The van der Waals surface area contributed by atoms with Crippen LogP contribution in [-0.4, -0.2) is 40.1 Å². The van der Waals surface area contributed by atoms with Crippen LogP contribution in [0.2, 0.25) is 0 Å². The Morgan fingerprint density at radius 1 is 1.36 bits per heavy atom. The third-order valence-corrected chi connectivity index (χ3v) is 3.56. The van der Waals surface area contributed by atoms with Crippen molar-refractivity contribution in [3.63, 3.8) is 0 Å². The van der Waals surface area contributed by atoms with Crippen molar-refractivity contribution in [3.05, 3.63) is 30.1 Å². The monoisotopic (exact) mass is 305 g/mol. The van der Waals surface area contributed by atoms with Crippen molar-refractivity contribution in [2.24, 2.45) is 5.92 Å². The van der Waals surface area contributed by atoms with E-state index in [-0.39, 0.29) is 5.92 Å². The molecule has 120 valence electrons. The highest BCUT2D eigenvalue weighted by Gasteiger charge is 2.38. The smallest absolute Gasteiger partial charge is 0.410 e. The molecule has 6 heteroatoms. The highest BCUT2D eigenvalue weighted by atomic mass is 16.6. The molecule has 6 nitrogen and oxygen atoms in total. The van der Waals surface area contributed by atoms with Gasteiger partial charge in [-0.05, 0) is 57.2 Å². The lowest BCUT2D eigenvalue weighted by atomic mass is 9.97. The fraction of sp³-hybridized carbons (Fsp3) is 0.562. The number of carbonyl (C=O) groups is 2. The third-order valence-electron chi connectivity index (χ3n) is 3.56. The normalized spacial score (nSPS) is 21.7. The summed E-state index contributed by atoms with van der Waals surface area (Å²) in [5, 5.41) is 11.3. The van der Waals surface area contributed by atoms with Crippen LogP contribution in [0.25, 0.3) is 0 Å². The van der Waals surface area contributed by atoms with Crippen LogP contribution in [0.15, 0.2) is 24.5 Å². The molecule has 2 rings (SSSR count). The Hall–Kier alpha value is -2.11. The van der Waals surface area contributed by atoms with E-state index in [0.29, 0.717) is 19.4 Å². The van der Waals surface area contributed by atoms with E-state index in [2.05, 4.69) is 4.98 Å². The maximum atomic E-state index is 12.2. The Kier molecular flexibility index (Phi) is 4.68. The summed E-state index contributed by atoms with van der Waals surface area (Å²) in [6.45, 7) is 5.62. The number of hydrogen-bond acceptors (Lipinski definition) is 5. The Morgan fingerprint density at radius 2 is 2.00 bits per heavy atom. The molecule has 1 aliphatic heterocycles. The zero-order valence-corrected chi connectivity index (χ0v) is 13.1. The van der Waals surface area contributed by atoms with E-state index in [4.69, 9.17) is 4.74 Å². The number of aliphatic carboxylic acids is 1. The number of carbonyl (C=O) groups excluding carboxylic acids is 2. The van der Waals surface area contributed by atoms with Crippen LogP contribution in [-0.2, 0) is 16.0 Å². The molecule has 0 bridgehead atoms. The first-order valence-corrected chi connectivity index (χ1v) is 7.35. The Morgan fingerprint density at radius 3 is 2.55 bits per heavy atom. The average molecular weight is 305 g/mol. The van der Waals surface area contributed by atoms with Gasteiger partial charge in [-0.1, -0.05) is 0 Å². The summed E-state index contributed by atoms with van der Waals surface area (Å²) in [5.41, 5.74) is 0.416. The summed E-state index contributed by atoms with van der Waals surface area (Å²) >= 11 is 0. The van der Waals surface area contributed by atoms with Gasteiger partial charge in [-0.3, -0.25) is 9.88 Å². The zero-order chi connectivity index (χ0) is 16.3. The number of hydrogen-bond donors (Lipinski definition) is 0. The van der Waals surface area contributed by atoms with E-state index in [1.54, 1.807) is 33.2 Å². The molecule has 1 aromatic heterocycles. The number of likely N-dealkylation sites (tertiary alicyclic amines) is 1. The van der Waals surface area contributed by atoms with Gasteiger partial charge in [0.05, 0.1) is 12.0 Å². The molecule has 22 heavy (non-hydrogen) atoms. The van der Waals surface area contributed by atoms with Crippen molar-refractivity contribution < 1.29 is 19.4 Å². The standard InChI is InChI=1S/C16H22N2O4/c1-16(2,3)22-15(21)18-10-12(9-13(18)14(19)20)8-11-4-6-17-7-5-11/h4-7,12-13H,8-10H2,1-3H3,(H,19,20)/p-1/t12-,13+/m1/s1. The van der Waals surface area contributed by atoms with Crippen LogP contribution in [0.3, 0.4) is 0 Å². The number of rotatable bonds is 3. The number of carboxylic acids is 1. The number of pyridine rings is 1.